The van der Waals surface area contributed by atoms with E-state index in [2.05, 4.69) is 10.0 Å². The van der Waals surface area contributed by atoms with E-state index in [1.165, 1.54) is 31.2 Å². The van der Waals surface area contributed by atoms with Crippen LogP contribution in [-0.2, 0) is 24.3 Å². The second-order valence-corrected chi connectivity index (χ2v) is 8.20. The van der Waals surface area contributed by atoms with Crippen LogP contribution in [0.25, 0.3) is 0 Å². The first-order valence-corrected chi connectivity index (χ1v) is 10.2. The van der Waals surface area contributed by atoms with Crippen LogP contribution in [0, 0.1) is 13.8 Å². The van der Waals surface area contributed by atoms with E-state index in [0.717, 1.165) is 11.1 Å². The molecule has 2 rings (SSSR count). The number of anilines is 1. The first-order valence-electron chi connectivity index (χ1n) is 8.72. The van der Waals surface area contributed by atoms with Gasteiger partial charge in [-0.2, -0.15) is 4.72 Å². The molecule has 154 valence electrons. The van der Waals surface area contributed by atoms with E-state index in [-0.39, 0.29) is 16.6 Å². The molecule has 2 aromatic rings. The van der Waals surface area contributed by atoms with Crippen LogP contribution in [0.4, 0.5) is 5.69 Å². The van der Waals surface area contributed by atoms with E-state index >= 15 is 0 Å². The maximum absolute atomic E-state index is 12.2. The average Bonchev–Trinajstić information content (AvgIpc) is 2.66. The molecule has 29 heavy (non-hydrogen) atoms. The second kappa shape index (κ2) is 9.44. The van der Waals surface area contributed by atoms with Crippen molar-refractivity contribution in [3.63, 3.8) is 0 Å². The Labute approximate surface area is 169 Å². The van der Waals surface area contributed by atoms with Crippen molar-refractivity contribution in [3.05, 3.63) is 59.2 Å². The monoisotopic (exact) mass is 418 g/mol. The van der Waals surface area contributed by atoms with Crippen molar-refractivity contribution in [2.75, 3.05) is 18.5 Å². The third kappa shape index (κ3) is 6.51. The Kier molecular flexibility index (Phi) is 7.24. The molecular formula is C20H22N2O6S. The number of Topliss-reactive ketones (excluding diaryl/α,β-unsaturated/α-hetero) is 1. The molecule has 0 aliphatic carbocycles. The fourth-order valence-corrected chi connectivity index (χ4v) is 3.44. The molecular weight excluding hydrogens is 396 g/mol. The van der Waals surface area contributed by atoms with Crippen molar-refractivity contribution in [1.82, 2.24) is 4.72 Å². The molecule has 0 aliphatic heterocycles. The average molecular weight is 418 g/mol. The van der Waals surface area contributed by atoms with Crippen LogP contribution >= 0.6 is 0 Å². The quantitative estimate of drug-likeness (QED) is 0.500. The third-order valence-corrected chi connectivity index (χ3v) is 5.37. The number of ketones is 1. The summed E-state index contributed by atoms with van der Waals surface area (Å²) in [4.78, 5) is 35.0. The Morgan fingerprint density at radius 2 is 1.66 bits per heavy atom. The summed E-state index contributed by atoms with van der Waals surface area (Å²) in [6, 6.07) is 10.8. The molecule has 2 N–H and O–H groups in total. The Hall–Kier alpha value is -3.04. The number of ether oxygens (including phenoxy) is 1. The second-order valence-electron chi connectivity index (χ2n) is 6.43. The zero-order valence-electron chi connectivity index (χ0n) is 16.3. The molecule has 0 saturated heterocycles. The maximum atomic E-state index is 12.2. The highest BCUT2D eigenvalue weighted by Gasteiger charge is 2.17. The zero-order chi connectivity index (χ0) is 21.6. The van der Waals surface area contributed by atoms with Crippen LogP contribution in [0.5, 0.6) is 0 Å². The third-order valence-electron chi connectivity index (χ3n) is 3.95. The molecule has 0 fully saturated rings. The van der Waals surface area contributed by atoms with Crippen molar-refractivity contribution < 1.29 is 27.5 Å². The number of nitrogens with one attached hydrogen (secondary N) is 2. The molecule has 0 bridgehead atoms. The van der Waals surface area contributed by atoms with Crippen molar-refractivity contribution in [1.29, 1.82) is 0 Å². The Balaban J connectivity index is 1.90. The first-order chi connectivity index (χ1) is 13.6. The van der Waals surface area contributed by atoms with E-state index < -0.39 is 29.1 Å². The van der Waals surface area contributed by atoms with E-state index in [4.69, 9.17) is 4.74 Å². The Morgan fingerprint density at radius 1 is 1.00 bits per heavy atom. The highest BCUT2D eigenvalue weighted by Crippen LogP contribution is 2.14. The summed E-state index contributed by atoms with van der Waals surface area (Å²) in [7, 11) is -3.95. The lowest BCUT2D eigenvalue weighted by Gasteiger charge is -2.09. The minimum absolute atomic E-state index is 0.0779. The van der Waals surface area contributed by atoms with E-state index in [9.17, 15) is 22.8 Å². The largest absolute Gasteiger partial charge is 0.456 e. The van der Waals surface area contributed by atoms with Crippen LogP contribution in [0.2, 0.25) is 0 Å². The van der Waals surface area contributed by atoms with Crippen LogP contribution in [0.3, 0.4) is 0 Å². The molecule has 9 heteroatoms. The molecule has 8 nitrogen and oxygen atoms in total. The lowest BCUT2D eigenvalue weighted by Crippen LogP contribution is -2.31. The van der Waals surface area contributed by atoms with Gasteiger partial charge in [0.15, 0.2) is 6.61 Å². The van der Waals surface area contributed by atoms with Crippen LogP contribution in [-0.4, -0.2) is 39.2 Å². The lowest BCUT2D eigenvalue weighted by atomic mass is 10.0. The summed E-state index contributed by atoms with van der Waals surface area (Å²) in [5, 5.41) is 2.52. The SMILES string of the molecule is CC(=O)Nc1ccc(S(=O)(=O)NCC(=O)OCC(=O)c2cc(C)ccc2C)cc1. The van der Waals surface area contributed by atoms with E-state index in [1.54, 1.807) is 19.1 Å². The number of amides is 1. The van der Waals surface area contributed by atoms with Gasteiger partial charge in [-0.25, -0.2) is 8.42 Å². The molecule has 0 spiro atoms. The Morgan fingerprint density at radius 3 is 2.28 bits per heavy atom. The smallest absolute Gasteiger partial charge is 0.321 e. The van der Waals surface area contributed by atoms with Gasteiger partial charge in [-0.15, -0.1) is 0 Å². The zero-order valence-corrected chi connectivity index (χ0v) is 17.1. The van der Waals surface area contributed by atoms with Crippen LogP contribution in [0.15, 0.2) is 47.4 Å². The van der Waals surface area contributed by atoms with Gasteiger partial charge >= 0.3 is 5.97 Å². The van der Waals surface area contributed by atoms with Gasteiger partial charge in [-0.1, -0.05) is 17.7 Å². The minimum Gasteiger partial charge on any atom is -0.456 e. The number of esters is 1. The van der Waals surface area contributed by atoms with E-state index in [0.29, 0.717) is 11.3 Å². The maximum Gasteiger partial charge on any atom is 0.321 e. The molecule has 0 aliphatic rings. The normalized spacial score (nSPS) is 11.0. The number of benzene rings is 2. The fourth-order valence-electron chi connectivity index (χ4n) is 2.47. The number of sulfonamides is 1. The van der Waals surface area contributed by atoms with Gasteiger partial charge in [0.05, 0.1) is 4.90 Å². The number of hydrogen-bond donors (Lipinski definition) is 2. The highest BCUT2D eigenvalue weighted by atomic mass is 32.2. The van der Waals surface area contributed by atoms with Gasteiger partial charge in [0.1, 0.15) is 6.54 Å². The highest BCUT2D eigenvalue weighted by molar-refractivity contribution is 7.89. The van der Waals surface area contributed by atoms with Crippen molar-refractivity contribution in [3.8, 4) is 0 Å². The molecule has 0 atom stereocenters. The topological polar surface area (TPSA) is 119 Å². The summed E-state index contributed by atoms with van der Waals surface area (Å²) < 4.78 is 31.5. The van der Waals surface area contributed by atoms with Gasteiger partial charge in [-0.3, -0.25) is 14.4 Å². The number of carbonyl (C=O) groups excluding carboxylic acids is 3. The molecule has 0 unspecified atom stereocenters. The number of aryl methyl sites for hydroxylation is 2. The summed E-state index contributed by atoms with van der Waals surface area (Å²) >= 11 is 0. The minimum atomic E-state index is -3.95. The summed E-state index contributed by atoms with van der Waals surface area (Å²) in [6.45, 7) is 3.87. The molecule has 0 heterocycles. The van der Waals surface area contributed by atoms with Gasteiger partial charge < -0.3 is 10.1 Å². The van der Waals surface area contributed by atoms with Gasteiger partial charge in [-0.05, 0) is 49.7 Å². The number of rotatable bonds is 8. The van der Waals surface area contributed by atoms with Gasteiger partial charge in [0.2, 0.25) is 21.7 Å². The standard InChI is InChI=1S/C20H22N2O6S/c1-13-4-5-14(2)18(10-13)19(24)12-28-20(25)11-21-29(26,27)17-8-6-16(7-9-17)22-15(3)23/h4-10,21H,11-12H2,1-3H3,(H,22,23). The van der Waals surface area contributed by atoms with Crippen molar-refractivity contribution in [2.24, 2.45) is 0 Å². The molecule has 0 radical (unpaired) electrons. The lowest BCUT2D eigenvalue weighted by molar-refractivity contribution is -0.141. The van der Waals surface area contributed by atoms with Crippen molar-refractivity contribution >= 4 is 33.4 Å². The van der Waals surface area contributed by atoms with Gasteiger partial charge in [0.25, 0.3) is 0 Å². The van der Waals surface area contributed by atoms with E-state index in [1.807, 2.05) is 13.0 Å². The van der Waals surface area contributed by atoms with Crippen molar-refractivity contribution in [2.45, 2.75) is 25.7 Å². The van der Waals surface area contributed by atoms with Crippen LogP contribution < -0.4 is 10.0 Å². The molecule has 2 aromatic carbocycles. The molecule has 0 aromatic heterocycles. The molecule has 0 saturated carbocycles. The van der Waals surface area contributed by atoms with Gasteiger partial charge in [0, 0.05) is 18.2 Å². The number of hydrogen-bond acceptors (Lipinski definition) is 6. The number of carbonyl (C=O) groups is 3. The fraction of sp³-hybridized carbons (Fsp3) is 0.250. The predicted molar refractivity (Wildman–Crippen MR) is 107 cm³/mol. The first kappa shape index (κ1) is 22.3. The molecule has 1 amide bonds. The summed E-state index contributed by atoms with van der Waals surface area (Å²) in [5.41, 5.74) is 2.57. The predicted octanol–water partition coefficient (Wildman–Crippen LogP) is 1.97. The summed E-state index contributed by atoms with van der Waals surface area (Å²) in [6.07, 6.45) is 0. The Bertz CT molecular complexity index is 1030. The van der Waals surface area contributed by atoms with Crippen LogP contribution in [0.1, 0.15) is 28.4 Å². The summed E-state index contributed by atoms with van der Waals surface area (Å²) in [5.74, 6) is -1.52.